The third-order valence-corrected chi connectivity index (χ3v) is 6.18. The molecule has 2 aromatic rings. The van der Waals surface area contributed by atoms with Crippen LogP contribution in [0, 0.1) is 0 Å². The lowest BCUT2D eigenvalue weighted by Crippen LogP contribution is -2.46. The summed E-state index contributed by atoms with van der Waals surface area (Å²) in [4.78, 5) is 12.7. The third-order valence-electron chi connectivity index (χ3n) is 5.94. The maximum absolute atomic E-state index is 12.7. The first kappa shape index (κ1) is 24.6. The molecule has 1 aromatic heterocycles. The molecular formula is C22H25ClF3N3O5. The molecular weight excluding hydrogens is 479 g/mol. The zero-order chi connectivity index (χ0) is 24.3. The van der Waals surface area contributed by atoms with E-state index in [1.165, 1.54) is 6.20 Å². The summed E-state index contributed by atoms with van der Waals surface area (Å²) >= 11 is 5.97. The molecule has 2 N–H and O–H groups in total. The van der Waals surface area contributed by atoms with Crippen LogP contribution >= 0.6 is 11.6 Å². The lowest BCUT2D eigenvalue weighted by molar-refractivity contribution is -0.325. The van der Waals surface area contributed by atoms with Crippen LogP contribution in [0.3, 0.4) is 0 Å². The minimum Gasteiger partial charge on any atom is -0.488 e. The fourth-order valence-corrected chi connectivity index (χ4v) is 4.45. The van der Waals surface area contributed by atoms with Crippen molar-refractivity contribution in [2.24, 2.45) is 0 Å². The summed E-state index contributed by atoms with van der Waals surface area (Å²) < 4.78 is 52.4. The highest BCUT2D eigenvalue weighted by atomic mass is 35.5. The largest absolute Gasteiger partial charge is 0.522 e. The highest BCUT2D eigenvalue weighted by molar-refractivity contribution is 6.30. The number of aliphatic hydroxyl groups is 1. The van der Waals surface area contributed by atoms with Crippen LogP contribution in [0.5, 0.6) is 11.5 Å². The number of nitrogens with zero attached hydrogens (tertiary/aromatic N) is 2. The number of halogens is 4. The van der Waals surface area contributed by atoms with Crippen LogP contribution in [0.1, 0.15) is 49.8 Å². The Labute approximate surface area is 198 Å². The van der Waals surface area contributed by atoms with Crippen molar-refractivity contribution >= 4 is 17.5 Å². The second-order valence-corrected chi connectivity index (χ2v) is 8.79. The van der Waals surface area contributed by atoms with E-state index in [9.17, 15) is 23.1 Å². The van der Waals surface area contributed by atoms with Crippen molar-refractivity contribution in [3.05, 3.63) is 41.2 Å². The Morgan fingerprint density at radius 3 is 2.76 bits per heavy atom. The van der Waals surface area contributed by atoms with Crippen molar-refractivity contribution < 1.29 is 37.3 Å². The Bertz CT molecular complexity index is 994. The van der Waals surface area contributed by atoms with Gasteiger partial charge in [0, 0.05) is 23.0 Å². The van der Waals surface area contributed by atoms with Crippen LogP contribution < -0.4 is 14.8 Å². The average molecular weight is 504 g/mol. The quantitative estimate of drug-likeness (QED) is 0.556. The Hall–Kier alpha value is -2.50. The van der Waals surface area contributed by atoms with Crippen molar-refractivity contribution in [2.75, 3.05) is 13.2 Å². The summed E-state index contributed by atoms with van der Waals surface area (Å²) in [6.07, 6.45) is -0.0464. The molecule has 0 saturated heterocycles. The summed E-state index contributed by atoms with van der Waals surface area (Å²) in [6, 6.07) is 5.01. The van der Waals surface area contributed by atoms with Gasteiger partial charge in [-0.15, -0.1) is 13.2 Å². The average Bonchev–Trinajstić information content (AvgIpc) is 3.26. The predicted molar refractivity (Wildman–Crippen MR) is 115 cm³/mol. The number of alkyl halides is 3. The number of fused-ring (bicyclic) bond motifs is 1. The fourth-order valence-electron chi connectivity index (χ4n) is 4.27. The smallest absolute Gasteiger partial charge is 0.488 e. The molecule has 1 aliphatic carbocycles. The second kappa shape index (κ2) is 10.4. The highest BCUT2D eigenvalue weighted by Gasteiger charge is 2.34. The molecule has 1 aromatic carbocycles. The molecule has 1 fully saturated rings. The number of nitrogens with one attached hydrogen (secondary N) is 1. The highest BCUT2D eigenvalue weighted by Crippen LogP contribution is 2.37. The molecule has 2 heterocycles. The standard InChI is InChI=1S/C22H25ClF3N3O5/c23-13-1-6-19-17(9-13)18(30)10-20(34-19)21(31)28-14-2-4-15(5-3-14)29-12-16(11-27-29)32-7-8-33-22(24,25)26/h1,6,9,11-12,14-15,18,20,30H,2-5,7-8,10H2,(H,28,31)/t14?,15?,18-,20-/m1/s1. The van der Waals surface area contributed by atoms with Crippen LogP contribution in [-0.2, 0) is 9.53 Å². The topological polar surface area (TPSA) is 94.8 Å². The van der Waals surface area contributed by atoms with E-state index in [2.05, 4.69) is 15.2 Å². The molecule has 2 aliphatic rings. The predicted octanol–water partition coefficient (Wildman–Crippen LogP) is 3.94. The zero-order valence-electron chi connectivity index (χ0n) is 18.1. The molecule has 12 heteroatoms. The van der Waals surface area contributed by atoms with E-state index in [0.717, 1.165) is 25.7 Å². The molecule has 1 aliphatic heterocycles. The van der Waals surface area contributed by atoms with Gasteiger partial charge in [0.1, 0.15) is 12.4 Å². The summed E-state index contributed by atoms with van der Waals surface area (Å²) in [6.45, 7) is -0.833. The van der Waals surface area contributed by atoms with Crippen LogP contribution in [0.2, 0.25) is 5.02 Å². The molecule has 2 atom stereocenters. The fraction of sp³-hybridized carbons (Fsp3) is 0.545. The molecule has 4 rings (SSSR count). The zero-order valence-corrected chi connectivity index (χ0v) is 18.9. The van der Waals surface area contributed by atoms with Gasteiger partial charge in [-0.3, -0.25) is 14.2 Å². The lowest BCUT2D eigenvalue weighted by atomic mass is 9.91. The Kier molecular flexibility index (Phi) is 7.54. The normalized spacial score (nSPS) is 24.7. The molecule has 1 amide bonds. The van der Waals surface area contributed by atoms with Crippen LogP contribution in [-0.4, -0.2) is 52.5 Å². The van der Waals surface area contributed by atoms with Crippen molar-refractivity contribution in [2.45, 2.75) is 62.8 Å². The summed E-state index contributed by atoms with van der Waals surface area (Å²) in [7, 11) is 0. The number of carbonyl (C=O) groups is 1. The number of ether oxygens (including phenoxy) is 3. The maximum atomic E-state index is 12.7. The molecule has 0 bridgehead atoms. The number of benzene rings is 1. The monoisotopic (exact) mass is 503 g/mol. The Morgan fingerprint density at radius 2 is 2.03 bits per heavy atom. The number of hydrogen-bond acceptors (Lipinski definition) is 6. The van der Waals surface area contributed by atoms with Gasteiger partial charge in [-0.05, 0) is 43.9 Å². The molecule has 0 spiro atoms. The van der Waals surface area contributed by atoms with E-state index < -0.39 is 25.2 Å². The molecule has 8 nitrogen and oxygen atoms in total. The molecule has 34 heavy (non-hydrogen) atoms. The van der Waals surface area contributed by atoms with Crippen LogP contribution in [0.25, 0.3) is 0 Å². The first-order chi connectivity index (χ1) is 16.2. The van der Waals surface area contributed by atoms with Gasteiger partial charge in [0.25, 0.3) is 5.91 Å². The van der Waals surface area contributed by atoms with E-state index in [1.54, 1.807) is 29.1 Å². The number of carbonyl (C=O) groups excluding carboxylic acids is 1. The minimum atomic E-state index is -4.68. The van der Waals surface area contributed by atoms with Crippen molar-refractivity contribution in [3.8, 4) is 11.5 Å². The number of hydrogen-bond donors (Lipinski definition) is 2. The number of aromatic nitrogens is 2. The van der Waals surface area contributed by atoms with Gasteiger partial charge >= 0.3 is 6.36 Å². The first-order valence-electron chi connectivity index (χ1n) is 11.0. The van der Waals surface area contributed by atoms with E-state index in [-0.39, 0.29) is 31.0 Å². The number of aliphatic hydroxyl groups excluding tert-OH is 1. The number of rotatable bonds is 7. The van der Waals surface area contributed by atoms with Crippen molar-refractivity contribution in [3.63, 3.8) is 0 Å². The van der Waals surface area contributed by atoms with E-state index in [4.69, 9.17) is 21.1 Å². The van der Waals surface area contributed by atoms with Crippen molar-refractivity contribution in [1.29, 1.82) is 0 Å². The SMILES string of the molecule is O=C(NC1CCC(n2cc(OCCOC(F)(F)F)cn2)CC1)[C@H]1C[C@@H](O)c2cc(Cl)ccc2O1. The van der Waals surface area contributed by atoms with Gasteiger partial charge in [-0.2, -0.15) is 5.10 Å². The van der Waals surface area contributed by atoms with E-state index in [1.807, 2.05) is 0 Å². The van der Waals surface area contributed by atoms with Crippen molar-refractivity contribution in [1.82, 2.24) is 15.1 Å². The maximum Gasteiger partial charge on any atom is 0.522 e. The Morgan fingerprint density at radius 1 is 1.26 bits per heavy atom. The summed E-state index contributed by atoms with van der Waals surface area (Å²) in [5.74, 6) is 0.559. The second-order valence-electron chi connectivity index (χ2n) is 8.35. The summed E-state index contributed by atoms with van der Waals surface area (Å²) in [5, 5.41) is 18.1. The molecule has 186 valence electrons. The Balaban J connectivity index is 1.22. The van der Waals surface area contributed by atoms with E-state index >= 15 is 0 Å². The van der Waals surface area contributed by atoms with Gasteiger partial charge < -0.3 is 19.9 Å². The van der Waals surface area contributed by atoms with Gasteiger partial charge in [-0.1, -0.05) is 11.6 Å². The number of amides is 1. The third kappa shape index (κ3) is 6.34. The lowest BCUT2D eigenvalue weighted by Gasteiger charge is -2.32. The molecule has 1 saturated carbocycles. The van der Waals surface area contributed by atoms with E-state index in [0.29, 0.717) is 22.1 Å². The van der Waals surface area contributed by atoms with Gasteiger partial charge in [0.05, 0.1) is 31.1 Å². The summed E-state index contributed by atoms with van der Waals surface area (Å²) in [5.41, 5.74) is 0.576. The van der Waals surface area contributed by atoms with Gasteiger partial charge in [0.2, 0.25) is 0 Å². The molecule has 0 unspecified atom stereocenters. The van der Waals surface area contributed by atoms with Gasteiger partial charge in [-0.25, -0.2) is 0 Å². The van der Waals surface area contributed by atoms with Crippen LogP contribution in [0.15, 0.2) is 30.6 Å². The van der Waals surface area contributed by atoms with Crippen LogP contribution in [0.4, 0.5) is 13.2 Å². The first-order valence-corrected chi connectivity index (χ1v) is 11.4. The van der Waals surface area contributed by atoms with Gasteiger partial charge in [0.15, 0.2) is 11.9 Å². The molecule has 0 radical (unpaired) electrons. The minimum absolute atomic E-state index is 0.0260.